The van der Waals surface area contributed by atoms with E-state index >= 15 is 0 Å². The quantitative estimate of drug-likeness (QED) is 0.484. The molecule has 0 spiro atoms. The Hall–Kier alpha value is -2.19. The van der Waals surface area contributed by atoms with Crippen molar-refractivity contribution in [2.45, 2.75) is 6.92 Å². The molecular formula is C12H9ClN2O5S. The Labute approximate surface area is 128 Å². The third kappa shape index (κ3) is 3.29. The SMILES string of the molecule is COC(=O)c1sc(Oc2ccc([N+](=O)[O-])cc2C)nc1Cl. The maximum absolute atomic E-state index is 11.4. The van der Waals surface area contributed by atoms with Gasteiger partial charge >= 0.3 is 5.97 Å². The largest absolute Gasteiger partial charge is 0.465 e. The van der Waals surface area contributed by atoms with Gasteiger partial charge in [0.25, 0.3) is 10.9 Å². The molecule has 1 aromatic heterocycles. The van der Waals surface area contributed by atoms with Crippen LogP contribution in [0.15, 0.2) is 18.2 Å². The number of aromatic nitrogens is 1. The van der Waals surface area contributed by atoms with Crippen LogP contribution in [-0.4, -0.2) is 23.0 Å². The lowest BCUT2D eigenvalue weighted by Crippen LogP contribution is -1.98. The lowest BCUT2D eigenvalue weighted by atomic mass is 10.2. The van der Waals surface area contributed by atoms with Gasteiger partial charge in [0.05, 0.1) is 12.0 Å². The topological polar surface area (TPSA) is 91.6 Å². The average Bonchev–Trinajstić information content (AvgIpc) is 2.81. The minimum Gasteiger partial charge on any atom is -0.465 e. The maximum atomic E-state index is 11.4. The van der Waals surface area contributed by atoms with Crippen LogP contribution in [-0.2, 0) is 4.74 Å². The maximum Gasteiger partial charge on any atom is 0.351 e. The molecule has 0 N–H and O–H groups in total. The van der Waals surface area contributed by atoms with E-state index in [0.29, 0.717) is 11.3 Å². The van der Waals surface area contributed by atoms with E-state index in [0.717, 1.165) is 11.3 Å². The molecule has 7 nitrogen and oxygen atoms in total. The molecule has 9 heteroatoms. The van der Waals surface area contributed by atoms with Crippen LogP contribution in [0.25, 0.3) is 0 Å². The molecule has 0 fully saturated rings. The zero-order chi connectivity index (χ0) is 15.6. The number of nitro benzene ring substituents is 1. The van der Waals surface area contributed by atoms with Crippen molar-refractivity contribution in [3.63, 3.8) is 0 Å². The number of ether oxygens (including phenoxy) is 2. The molecular weight excluding hydrogens is 320 g/mol. The first-order valence-electron chi connectivity index (χ1n) is 5.60. The molecule has 0 aliphatic carbocycles. The number of esters is 1. The Balaban J connectivity index is 2.26. The molecule has 0 atom stereocenters. The number of nitrogens with zero attached hydrogens (tertiary/aromatic N) is 2. The normalized spacial score (nSPS) is 10.2. The molecule has 2 aromatic rings. The second kappa shape index (κ2) is 6.06. The standard InChI is InChI=1S/C12H9ClN2O5S/c1-6-5-7(15(17)18)3-4-8(6)20-12-14-10(13)9(21-12)11(16)19-2/h3-5H,1-2H3. The van der Waals surface area contributed by atoms with Gasteiger partial charge in [-0.1, -0.05) is 22.9 Å². The average molecular weight is 329 g/mol. The minimum absolute atomic E-state index is 0.0126. The first-order valence-corrected chi connectivity index (χ1v) is 6.79. The number of aryl methyl sites for hydroxylation is 1. The number of nitro groups is 1. The molecule has 21 heavy (non-hydrogen) atoms. The fourth-order valence-corrected chi connectivity index (χ4v) is 2.56. The molecule has 1 heterocycles. The first kappa shape index (κ1) is 15.2. The molecule has 0 amide bonds. The Morgan fingerprint density at radius 1 is 1.48 bits per heavy atom. The zero-order valence-electron chi connectivity index (χ0n) is 11.0. The van der Waals surface area contributed by atoms with Crippen molar-refractivity contribution in [3.8, 4) is 10.9 Å². The van der Waals surface area contributed by atoms with Gasteiger partial charge in [0.15, 0.2) is 10.0 Å². The number of halogens is 1. The number of carbonyl (C=O) groups excluding carboxylic acids is 1. The summed E-state index contributed by atoms with van der Waals surface area (Å²) < 4.78 is 10.1. The molecule has 0 radical (unpaired) electrons. The number of rotatable bonds is 4. The molecule has 0 saturated carbocycles. The molecule has 2 rings (SSSR count). The van der Waals surface area contributed by atoms with Crippen LogP contribution in [0.3, 0.4) is 0 Å². The van der Waals surface area contributed by atoms with Gasteiger partial charge in [0.2, 0.25) is 0 Å². The molecule has 0 aliphatic rings. The van der Waals surface area contributed by atoms with Crippen LogP contribution in [0.1, 0.15) is 15.2 Å². The van der Waals surface area contributed by atoms with Crippen LogP contribution in [0.4, 0.5) is 5.69 Å². The summed E-state index contributed by atoms with van der Waals surface area (Å²) >= 11 is 6.75. The summed E-state index contributed by atoms with van der Waals surface area (Å²) in [7, 11) is 1.24. The highest BCUT2D eigenvalue weighted by Crippen LogP contribution is 2.34. The monoisotopic (exact) mass is 328 g/mol. The summed E-state index contributed by atoms with van der Waals surface area (Å²) in [6.45, 7) is 1.67. The first-order chi connectivity index (χ1) is 9.92. The second-order valence-corrected chi connectivity index (χ2v) is 5.22. The molecule has 110 valence electrons. The summed E-state index contributed by atoms with van der Waals surface area (Å²) in [5, 5.41) is 10.8. The van der Waals surface area contributed by atoms with Gasteiger partial charge in [-0.25, -0.2) is 4.79 Å². The van der Waals surface area contributed by atoms with E-state index in [9.17, 15) is 14.9 Å². The number of methoxy groups -OCH3 is 1. The highest BCUT2D eigenvalue weighted by Gasteiger charge is 2.19. The predicted molar refractivity (Wildman–Crippen MR) is 76.4 cm³/mol. The van der Waals surface area contributed by atoms with Crippen molar-refractivity contribution in [1.82, 2.24) is 4.98 Å². The lowest BCUT2D eigenvalue weighted by Gasteiger charge is -2.04. The van der Waals surface area contributed by atoms with E-state index in [-0.39, 0.29) is 20.9 Å². The van der Waals surface area contributed by atoms with Gasteiger partial charge in [0, 0.05) is 12.1 Å². The number of hydrogen-bond acceptors (Lipinski definition) is 7. The lowest BCUT2D eigenvalue weighted by molar-refractivity contribution is -0.384. The van der Waals surface area contributed by atoms with Crippen LogP contribution >= 0.6 is 22.9 Å². The highest BCUT2D eigenvalue weighted by molar-refractivity contribution is 7.15. The van der Waals surface area contributed by atoms with Gasteiger partial charge in [-0.2, -0.15) is 4.98 Å². The van der Waals surface area contributed by atoms with Crippen LogP contribution < -0.4 is 4.74 Å². The molecule has 0 bridgehead atoms. The van der Waals surface area contributed by atoms with Crippen LogP contribution in [0, 0.1) is 17.0 Å². The summed E-state index contributed by atoms with van der Waals surface area (Å²) in [5.74, 6) is -0.213. The Morgan fingerprint density at radius 3 is 2.76 bits per heavy atom. The van der Waals surface area contributed by atoms with E-state index < -0.39 is 10.9 Å². The summed E-state index contributed by atoms with van der Waals surface area (Å²) in [5.41, 5.74) is 0.530. The van der Waals surface area contributed by atoms with Crippen molar-refractivity contribution >= 4 is 34.6 Å². The fourth-order valence-electron chi connectivity index (χ4n) is 1.50. The molecule has 0 saturated heterocycles. The highest BCUT2D eigenvalue weighted by atomic mass is 35.5. The second-order valence-electron chi connectivity index (χ2n) is 3.90. The number of carbonyl (C=O) groups is 1. The van der Waals surface area contributed by atoms with E-state index in [1.54, 1.807) is 6.92 Å². The smallest absolute Gasteiger partial charge is 0.351 e. The number of hydrogen-bond donors (Lipinski definition) is 0. The van der Waals surface area contributed by atoms with Crippen molar-refractivity contribution in [2.24, 2.45) is 0 Å². The third-order valence-corrected chi connectivity index (χ3v) is 3.80. The molecule has 0 aliphatic heterocycles. The van der Waals surface area contributed by atoms with E-state index in [1.165, 1.54) is 25.3 Å². The fraction of sp³-hybridized carbons (Fsp3) is 0.167. The van der Waals surface area contributed by atoms with Crippen molar-refractivity contribution in [1.29, 1.82) is 0 Å². The third-order valence-electron chi connectivity index (χ3n) is 2.50. The molecule has 1 aromatic carbocycles. The Kier molecular flexibility index (Phi) is 4.39. The van der Waals surface area contributed by atoms with Gasteiger partial charge in [-0.05, 0) is 18.6 Å². The summed E-state index contributed by atoms with van der Waals surface area (Å²) in [4.78, 5) is 25.6. The van der Waals surface area contributed by atoms with Gasteiger partial charge in [0.1, 0.15) is 5.75 Å². The minimum atomic E-state index is -0.604. The number of thiazole rings is 1. The van der Waals surface area contributed by atoms with E-state index in [2.05, 4.69) is 9.72 Å². The molecule has 0 unspecified atom stereocenters. The van der Waals surface area contributed by atoms with Gasteiger partial charge < -0.3 is 9.47 Å². The van der Waals surface area contributed by atoms with Crippen LogP contribution in [0.2, 0.25) is 5.15 Å². The summed E-state index contributed by atoms with van der Waals surface area (Å²) in [6, 6.07) is 4.16. The van der Waals surface area contributed by atoms with E-state index in [4.69, 9.17) is 16.3 Å². The van der Waals surface area contributed by atoms with E-state index in [1.807, 2.05) is 0 Å². The Bertz CT molecular complexity index is 716. The van der Waals surface area contributed by atoms with Gasteiger partial charge in [-0.15, -0.1) is 0 Å². The van der Waals surface area contributed by atoms with Crippen molar-refractivity contribution in [2.75, 3.05) is 7.11 Å². The number of non-ortho nitro benzene ring substituents is 1. The van der Waals surface area contributed by atoms with Crippen molar-refractivity contribution < 1.29 is 19.2 Å². The zero-order valence-corrected chi connectivity index (χ0v) is 12.5. The summed E-state index contributed by atoms with van der Waals surface area (Å²) in [6.07, 6.45) is 0. The predicted octanol–water partition coefficient (Wildman–Crippen LogP) is 3.59. The van der Waals surface area contributed by atoms with Crippen molar-refractivity contribution in [3.05, 3.63) is 43.9 Å². The Morgan fingerprint density at radius 2 is 2.19 bits per heavy atom. The number of benzene rings is 1. The van der Waals surface area contributed by atoms with Crippen LogP contribution in [0.5, 0.6) is 10.9 Å². The van der Waals surface area contributed by atoms with Gasteiger partial charge in [-0.3, -0.25) is 10.1 Å².